The Labute approximate surface area is 79.9 Å². The van der Waals surface area contributed by atoms with Crippen molar-refractivity contribution in [3.8, 4) is 0 Å². The second-order valence-electron chi connectivity index (χ2n) is 3.16. The molecular weight excluding hydrogens is 167 g/mol. The maximum absolute atomic E-state index is 12.7. The van der Waals surface area contributed by atoms with Crippen molar-refractivity contribution < 1.29 is 4.39 Å². The molecule has 0 aromatic carbocycles. The molecule has 0 bridgehead atoms. The van der Waals surface area contributed by atoms with Gasteiger partial charge in [0.1, 0.15) is 0 Å². The summed E-state index contributed by atoms with van der Waals surface area (Å²) in [4.78, 5) is 3.83. The maximum Gasteiger partial charge on any atom is 0.208 e. The number of hydrogen-bond acceptors (Lipinski definition) is 2. The number of nitrogens with one attached hydrogen (secondary N) is 1. The fraction of sp³-hybridized carbons (Fsp3) is 0.700. The Morgan fingerprint density at radius 1 is 1.62 bits per heavy atom. The van der Waals surface area contributed by atoms with E-state index in [4.69, 9.17) is 0 Å². The third-order valence-electron chi connectivity index (χ3n) is 2.06. The van der Waals surface area contributed by atoms with Crippen LogP contribution in [0.4, 0.5) is 4.39 Å². The molecule has 1 atom stereocenters. The highest BCUT2D eigenvalue weighted by molar-refractivity contribution is 5.84. The van der Waals surface area contributed by atoms with E-state index < -0.39 is 5.95 Å². The maximum atomic E-state index is 12.7. The molecule has 0 aromatic rings. The molecule has 0 rings (SSSR count). The first kappa shape index (κ1) is 12.3. The molecule has 76 valence electrons. The van der Waals surface area contributed by atoms with Gasteiger partial charge in [-0.15, -0.1) is 0 Å². The normalized spacial score (nSPS) is 16.1. The summed E-state index contributed by atoms with van der Waals surface area (Å²) in [5, 5.41) is 3.06. The number of allylic oxidation sites excluding steroid dienone is 1. The minimum atomic E-state index is -0.395. The Morgan fingerprint density at radius 2 is 2.23 bits per heavy atom. The summed E-state index contributed by atoms with van der Waals surface area (Å²) in [6.45, 7) is 6.50. The molecule has 0 amide bonds. The fourth-order valence-corrected chi connectivity index (χ4v) is 0.913. The Morgan fingerprint density at radius 3 is 2.69 bits per heavy atom. The molecule has 0 aliphatic heterocycles. The molecule has 0 saturated heterocycles. The second-order valence-corrected chi connectivity index (χ2v) is 3.16. The van der Waals surface area contributed by atoms with Crippen LogP contribution in [0, 0.1) is 5.92 Å². The summed E-state index contributed by atoms with van der Waals surface area (Å²) in [6, 6.07) is 0. The highest BCUT2D eigenvalue weighted by Gasteiger charge is 2.05. The first-order valence-corrected chi connectivity index (χ1v) is 4.63. The predicted octanol–water partition coefficient (Wildman–Crippen LogP) is 2.52. The summed E-state index contributed by atoms with van der Waals surface area (Å²) in [7, 11) is 1.91. The number of nitrogens with zero attached hydrogens (tertiary/aromatic N) is 1. The molecule has 0 fully saturated rings. The first-order valence-electron chi connectivity index (χ1n) is 4.63. The topological polar surface area (TPSA) is 24.4 Å². The molecule has 0 heterocycles. The quantitative estimate of drug-likeness (QED) is 0.518. The zero-order valence-corrected chi connectivity index (χ0v) is 8.89. The van der Waals surface area contributed by atoms with Gasteiger partial charge in [-0.2, -0.15) is 4.39 Å². The van der Waals surface area contributed by atoms with Crippen molar-refractivity contribution in [2.24, 2.45) is 10.9 Å². The Hall–Kier alpha value is -0.700. The first-order chi connectivity index (χ1) is 6.11. The highest BCUT2D eigenvalue weighted by atomic mass is 19.1. The van der Waals surface area contributed by atoms with Gasteiger partial charge in [-0.3, -0.25) is 0 Å². The van der Waals surface area contributed by atoms with Crippen LogP contribution in [0.2, 0.25) is 0 Å². The van der Waals surface area contributed by atoms with Crippen LogP contribution < -0.4 is 5.32 Å². The van der Waals surface area contributed by atoms with Gasteiger partial charge in [0.2, 0.25) is 5.95 Å². The van der Waals surface area contributed by atoms with E-state index in [1.165, 1.54) is 6.08 Å². The van der Waals surface area contributed by atoms with Gasteiger partial charge in [0.25, 0.3) is 0 Å². The minimum absolute atomic E-state index is 0.332. The van der Waals surface area contributed by atoms with E-state index in [0.717, 1.165) is 18.7 Å². The van der Waals surface area contributed by atoms with Crippen LogP contribution in [-0.2, 0) is 0 Å². The molecule has 0 aromatic heterocycles. The van der Waals surface area contributed by atoms with E-state index in [2.05, 4.69) is 17.2 Å². The molecule has 0 radical (unpaired) electrons. The number of hydrogen-bond donors (Lipinski definition) is 1. The smallest absolute Gasteiger partial charge is 0.208 e. The van der Waals surface area contributed by atoms with Crippen molar-refractivity contribution in [1.82, 2.24) is 5.32 Å². The van der Waals surface area contributed by atoms with Crippen LogP contribution in [0.15, 0.2) is 17.0 Å². The fourth-order valence-electron chi connectivity index (χ4n) is 0.913. The van der Waals surface area contributed by atoms with Gasteiger partial charge >= 0.3 is 0 Å². The van der Waals surface area contributed by atoms with E-state index >= 15 is 0 Å². The van der Waals surface area contributed by atoms with Gasteiger partial charge < -0.3 is 5.32 Å². The lowest BCUT2D eigenvalue weighted by Crippen LogP contribution is -2.16. The van der Waals surface area contributed by atoms with Crippen LogP contribution in [0.5, 0.6) is 0 Å². The summed E-state index contributed by atoms with van der Waals surface area (Å²) in [6.07, 6.45) is 2.36. The molecule has 1 N–H and O–H groups in total. The number of rotatable bonds is 5. The Bertz CT molecular complexity index is 197. The summed E-state index contributed by atoms with van der Waals surface area (Å²) >= 11 is 0. The van der Waals surface area contributed by atoms with E-state index in [-0.39, 0.29) is 0 Å². The van der Waals surface area contributed by atoms with Gasteiger partial charge in [-0.1, -0.05) is 6.92 Å². The van der Waals surface area contributed by atoms with Crippen molar-refractivity contribution in [2.75, 3.05) is 13.6 Å². The summed E-state index contributed by atoms with van der Waals surface area (Å²) < 4.78 is 12.7. The third kappa shape index (κ3) is 5.53. The highest BCUT2D eigenvalue weighted by Crippen LogP contribution is 2.07. The third-order valence-corrected chi connectivity index (χ3v) is 2.06. The summed E-state index contributed by atoms with van der Waals surface area (Å²) in [5.74, 6) is -0.0630. The lowest BCUT2D eigenvalue weighted by atomic mass is 10.0. The molecule has 1 unspecified atom stereocenters. The van der Waals surface area contributed by atoms with E-state index in [1.807, 2.05) is 14.0 Å². The standard InChI is InChI=1S/C10H19FN2/c1-5-10(11)13-9(3)8(2)6-7-12-4/h5,8,12H,6-7H2,1-4H3/b10-5-,13-9+. The molecule has 0 aliphatic rings. The number of aliphatic imine (C=N–C) groups is 1. The molecule has 2 nitrogen and oxygen atoms in total. The van der Waals surface area contributed by atoms with E-state index in [0.29, 0.717) is 5.92 Å². The van der Waals surface area contributed by atoms with Gasteiger partial charge in [-0.25, -0.2) is 4.99 Å². The van der Waals surface area contributed by atoms with Gasteiger partial charge in [0.15, 0.2) is 0 Å². The van der Waals surface area contributed by atoms with E-state index in [1.54, 1.807) is 6.92 Å². The lowest BCUT2D eigenvalue weighted by Gasteiger charge is -2.09. The van der Waals surface area contributed by atoms with Crippen molar-refractivity contribution in [3.05, 3.63) is 12.0 Å². The average molecular weight is 186 g/mol. The SMILES string of the molecule is C/C=C(F)\N=C(/C)C(C)CCNC. The number of halogens is 1. The molecule has 0 saturated carbocycles. The van der Waals surface area contributed by atoms with Crippen LogP contribution in [0.1, 0.15) is 27.2 Å². The Kier molecular flexibility index (Phi) is 6.41. The molecule has 0 spiro atoms. The molecular formula is C10H19FN2. The van der Waals surface area contributed by atoms with Gasteiger partial charge in [0, 0.05) is 5.71 Å². The van der Waals surface area contributed by atoms with Crippen LogP contribution in [-0.4, -0.2) is 19.3 Å². The largest absolute Gasteiger partial charge is 0.320 e. The van der Waals surface area contributed by atoms with Gasteiger partial charge in [0.05, 0.1) is 0 Å². The molecule has 0 aliphatic carbocycles. The van der Waals surface area contributed by atoms with Crippen molar-refractivity contribution in [3.63, 3.8) is 0 Å². The molecule has 13 heavy (non-hydrogen) atoms. The predicted molar refractivity (Wildman–Crippen MR) is 55.7 cm³/mol. The summed E-state index contributed by atoms with van der Waals surface area (Å²) in [5.41, 5.74) is 0.853. The van der Waals surface area contributed by atoms with E-state index in [9.17, 15) is 4.39 Å². The zero-order valence-electron chi connectivity index (χ0n) is 8.89. The Balaban J connectivity index is 4.08. The second kappa shape index (κ2) is 6.78. The van der Waals surface area contributed by atoms with Crippen molar-refractivity contribution in [2.45, 2.75) is 27.2 Å². The van der Waals surface area contributed by atoms with Crippen molar-refractivity contribution >= 4 is 5.71 Å². The lowest BCUT2D eigenvalue weighted by molar-refractivity contribution is 0.607. The van der Waals surface area contributed by atoms with Crippen LogP contribution >= 0.6 is 0 Å². The van der Waals surface area contributed by atoms with Crippen LogP contribution in [0.25, 0.3) is 0 Å². The average Bonchev–Trinajstić information content (AvgIpc) is 2.13. The van der Waals surface area contributed by atoms with Gasteiger partial charge in [-0.05, 0) is 45.9 Å². The molecule has 3 heteroatoms. The minimum Gasteiger partial charge on any atom is -0.320 e. The monoisotopic (exact) mass is 186 g/mol. The zero-order chi connectivity index (χ0) is 10.3. The van der Waals surface area contributed by atoms with Crippen LogP contribution in [0.3, 0.4) is 0 Å². The van der Waals surface area contributed by atoms with Crippen molar-refractivity contribution in [1.29, 1.82) is 0 Å².